The van der Waals surface area contributed by atoms with Crippen molar-refractivity contribution in [3.63, 3.8) is 0 Å². The molecule has 35 heavy (non-hydrogen) atoms. The fraction of sp³-hybridized carbons (Fsp3) is 0.417. The van der Waals surface area contributed by atoms with Crippen LogP contribution in [0.15, 0.2) is 36.6 Å². The second kappa shape index (κ2) is 11.5. The Morgan fingerprint density at radius 2 is 1.77 bits per heavy atom. The molecule has 0 amide bonds. The van der Waals surface area contributed by atoms with Crippen molar-refractivity contribution in [1.82, 2.24) is 0 Å². The summed E-state index contributed by atoms with van der Waals surface area (Å²) < 4.78 is 111. The third-order valence-electron chi connectivity index (χ3n) is 5.41. The molecule has 0 aromatic heterocycles. The molecule has 0 radical (unpaired) electrons. The first kappa shape index (κ1) is 27.1. The zero-order valence-electron chi connectivity index (χ0n) is 18.5. The topological polar surface area (TPSA) is 27.7 Å². The summed E-state index contributed by atoms with van der Waals surface area (Å²) in [5.41, 5.74) is -0.852. The van der Waals surface area contributed by atoms with E-state index in [0.717, 1.165) is 18.9 Å². The van der Waals surface area contributed by atoms with Gasteiger partial charge in [0.25, 0.3) is 6.43 Å². The number of rotatable bonds is 9. The first-order valence-electron chi connectivity index (χ1n) is 10.8. The van der Waals surface area contributed by atoms with Crippen LogP contribution in [0.2, 0.25) is 5.02 Å². The molecule has 0 N–H and O–H groups in total. The molecule has 0 bridgehead atoms. The van der Waals surface area contributed by atoms with Gasteiger partial charge in [0.15, 0.2) is 23.5 Å². The maximum absolute atomic E-state index is 14.8. The van der Waals surface area contributed by atoms with Crippen molar-refractivity contribution in [3.05, 3.63) is 59.1 Å². The average Bonchev–Trinajstić information content (AvgIpc) is 2.75. The minimum absolute atomic E-state index is 0.0610. The van der Waals surface area contributed by atoms with Crippen molar-refractivity contribution in [1.29, 1.82) is 0 Å². The molecule has 192 valence electrons. The molecule has 2 aromatic carbocycles. The summed E-state index contributed by atoms with van der Waals surface area (Å²) in [5, 5.41) is -0.451. The summed E-state index contributed by atoms with van der Waals surface area (Å²) in [7, 11) is 0. The Morgan fingerprint density at radius 3 is 2.31 bits per heavy atom. The number of halogens is 8. The Labute approximate surface area is 202 Å². The fourth-order valence-electron chi connectivity index (χ4n) is 3.80. The summed E-state index contributed by atoms with van der Waals surface area (Å²) in [5.74, 6) is -5.22. The Bertz CT molecular complexity index is 1010. The molecule has 1 fully saturated rings. The van der Waals surface area contributed by atoms with Crippen LogP contribution in [-0.4, -0.2) is 25.2 Å². The van der Waals surface area contributed by atoms with Gasteiger partial charge in [-0.15, -0.1) is 0 Å². The van der Waals surface area contributed by atoms with E-state index < -0.39 is 58.2 Å². The Kier molecular flexibility index (Phi) is 8.93. The summed E-state index contributed by atoms with van der Waals surface area (Å²) in [6.07, 6.45) is -5.14. The van der Waals surface area contributed by atoms with Gasteiger partial charge in [-0.25, -0.2) is 22.0 Å². The standard InChI is InChI=1S/C24H22ClF7O3/c1-2-3-13-4-5-20(34-12-13)24(31,32)35-15-10-16(25)22(17(26)11-15)14-8-18(27)23(19(28)9-14)33-7-6-21(29)30/h6-11,13,20-21H,2-5,12H2,1H3/b7-6+. The number of hydrogen-bond donors (Lipinski definition) is 0. The highest BCUT2D eigenvalue weighted by Crippen LogP contribution is 2.40. The highest BCUT2D eigenvalue weighted by atomic mass is 35.5. The minimum atomic E-state index is -3.77. The van der Waals surface area contributed by atoms with E-state index in [1.165, 1.54) is 0 Å². The van der Waals surface area contributed by atoms with Gasteiger partial charge in [-0.2, -0.15) is 8.78 Å². The van der Waals surface area contributed by atoms with Crippen LogP contribution < -0.4 is 9.47 Å². The van der Waals surface area contributed by atoms with E-state index in [1.54, 1.807) is 0 Å². The van der Waals surface area contributed by atoms with Crippen LogP contribution >= 0.6 is 11.6 Å². The van der Waals surface area contributed by atoms with Gasteiger partial charge >= 0.3 is 6.11 Å². The lowest BCUT2D eigenvalue weighted by Crippen LogP contribution is -2.44. The normalized spacial score (nSPS) is 18.9. The Balaban J connectivity index is 1.79. The third-order valence-corrected chi connectivity index (χ3v) is 5.71. The van der Waals surface area contributed by atoms with Gasteiger partial charge in [-0.3, -0.25) is 0 Å². The van der Waals surface area contributed by atoms with Crippen molar-refractivity contribution in [2.24, 2.45) is 5.92 Å². The number of benzene rings is 2. The molecular weight excluding hydrogens is 505 g/mol. The maximum atomic E-state index is 14.8. The molecule has 1 heterocycles. The monoisotopic (exact) mass is 526 g/mol. The molecular formula is C24H22ClF7O3. The van der Waals surface area contributed by atoms with Crippen LogP contribution in [0.5, 0.6) is 11.5 Å². The predicted octanol–water partition coefficient (Wildman–Crippen LogP) is 8.15. The molecule has 0 aliphatic carbocycles. The molecule has 3 nitrogen and oxygen atoms in total. The first-order valence-corrected chi connectivity index (χ1v) is 11.2. The largest absolute Gasteiger partial charge is 0.459 e. The van der Waals surface area contributed by atoms with Crippen LogP contribution in [0.25, 0.3) is 11.1 Å². The maximum Gasteiger partial charge on any atom is 0.424 e. The van der Waals surface area contributed by atoms with Gasteiger partial charge in [0.2, 0.25) is 0 Å². The highest BCUT2D eigenvalue weighted by molar-refractivity contribution is 6.33. The van der Waals surface area contributed by atoms with E-state index >= 15 is 0 Å². The molecule has 2 unspecified atom stereocenters. The lowest BCUT2D eigenvalue weighted by molar-refractivity contribution is -0.265. The zero-order chi connectivity index (χ0) is 25.8. The lowest BCUT2D eigenvalue weighted by atomic mass is 9.94. The van der Waals surface area contributed by atoms with Gasteiger partial charge in [0.1, 0.15) is 11.6 Å². The molecule has 1 aliphatic rings. The van der Waals surface area contributed by atoms with Crippen molar-refractivity contribution in [2.75, 3.05) is 6.61 Å². The first-order chi connectivity index (χ1) is 16.5. The van der Waals surface area contributed by atoms with Crippen LogP contribution in [0.1, 0.15) is 32.6 Å². The van der Waals surface area contributed by atoms with E-state index in [4.69, 9.17) is 21.1 Å². The Morgan fingerprint density at radius 1 is 1.09 bits per heavy atom. The molecule has 0 spiro atoms. The third kappa shape index (κ3) is 6.82. The van der Waals surface area contributed by atoms with E-state index in [1.807, 2.05) is 6.92 Å². The number of ether oxygens (including phenoxy) is 3. The number of alkyl halides is 4. The van der Waals surface area contributed by atoms with Gasteiger partial charge in [-0.1, -0.05) is 24.9 Å². The van der Waals surface area contributed by atoms with Gasteiger partial charge in [0, 0.05) is 17.7 Å². The molecule has 3 rings (SSSR count). The van der Waals surface area contributed by atoms with Crippen LogP contribution in [-0.2, 0) is 4.74 Å². The highest BCUT2D eigenvalue weighted by Gasteiger charge is 2.45. The predicted molar refractivity (Wildman–Crippen MR) is 115 cm³/mol. The van der Waals surface area contributed by atoms with E-state index in [2.05, 4.69) is 4.74 Å². The van der Waals surface area contributed by atoms with Crippen molar-refractivity contribution in [3.8, 4) is 22.6 Å². The summed E-state index contributed by atoms with van der Waals surface area (Å²) >= 11 is 6.03. The van der Waals surface area contributed by atoms with Crippen LogP contribution in [0, 0.1) is 23.4 Å². The SMILES string of the molecule is CCCC1CCC(C(F)(F)Oc2cc(F)c(-c3cc(F)c(O/C=C/C(F)F)c(F)c3)c(Cl)c2)OC1. The van der Waals surface area contributed by atoms with Gasteiger partial charge in [-0.05, 0) is 48.9 Å². The summed E-state index contributed by atoms with van der Waals surface area (Å²) in [6, 6.07) is 2.83. The molecule has 11 heteroatoms. The fourth-order valence-corrected chi connectivity index (χ4v) is 4.10. The van der Waals surface area contributed by atoms with E-state index in [0.29, 0.717) is 30.9 Å². The summed E-state index contributed by atoms with van der Waals surface area (Å²) in [4.78, 5) is 0. The van der Waals surface area contributed by atoms with E-state index in [9.17, 15) is 30.7 Å². The zero-order valence-corrected chi connectivity index (χ0v) is 19.2. The average molecular weight is 527 g/mol. The Hall–Kier alpha value is -2.46. The van der Waals surface area contributed by atoms with Gasteiger partial charge < -0.3 is 14.2 Å². The molecule has 1 aliphatic heterocycles. The van der Waals surface area contributed by atoms with Crippen LogP contribution in [0.3, 0.4) is 0 Å². The quantitative estimate of drug-likeness (QED) is 0.244. The molecule has 0 saturated carbocycles. The van der Waals surface area contributed by atoms with Crippen LogP contribution in [0.4, 0.5) is 30.7 Å². The second-order valence-corrected chi connectivity index (χ2v) is 8.44. The number of hydrogen-bond acceptors (Lipinski definition) is 3. The molecule has 2 aromatic rings. The lowest BCUT2D eigenvalue weighted by Gasteiger charge is -2.33. The summed E-state index contributed by atoms with van der Waals surface area (Å²) in [6.45, 7) is 2.16. The van der Waals surface area contributed by atoms with Crippen molar-refractivity contribution >= 4 is 11.6 Å². The number of allylic oxidation sites excluding steroid dienone is 1. The smallest absolute Gasteiger partial charge is 0.424 e. The molecule has 1 saturated heterocycles. The minimum Gasteiger partial charge on any atom is -0.459 e. The molecule has 2 atom stereocenters. The van der Waals surface area contributed by atoms with Crippen molar-refractivity contribution < 1.29 is 44.9 Å². The van der Waals surface area contributed by atoms with E-state index in [-0.39, 0.29) is 30.6 Å². The second-order valence-electron chi connectivity index (χ2n) is 8.03. The van der Waals surface area contributed by atoms with Gasteiger partial charge in [0.05, 0.1) is 17.9 Å². The van der Waals surface area contributed by atoms with Crippen molar-refractivity contribution in [2.45, 2.75) is 51.2 Å².